The number of nitrogens with zero attached hydrogens (tertiary/aromatic N) is 2. The molecule has 0 amide bonds. The lowest BCUT2D eigenvalue weighted by Crippen LogP contribution is -2.53. The van der Waals surface area contributed by atoms with Crippen molar-refractivity contribution >= 4 is 32.7 Å². The number of hydrogen-bond acceptors (Lipinski definition) is 4. The van der Waals surface area contributed by atoms with Crippen molar-refractivity contribution in [3.63, 3.8) is 0 Å². The summed E-state index contributed by atoms with van der Waals surface area (Å²) in [6.45, 7) is 3.65. The third-order valence-electron chi connectivity index (χ3n) is 4.41. The molecule has 1 aromatic heterocycles. The quantitative estimate of drug-likeness (QED) is 0.922. The summed E-state index contributed by atoms with van der Waals surface area (Å²) in [5.41, 5.74) is 0.832. The molecular formula is C14H16BrN3O. The van der Waals surface area contributed by atoms with Gasteiger partial charge in [-0.3, -0.25) is 0 Å². The largest absolute Gasteiger partial charge is 0.362 e. The molecule has 1 aromatic carbocycles. The van der Waals surface area contributed by atoms with Gasteiger partial charge in [-0.2, -0.15) is 0 Å². The first-order valence-electron chi connectivity index (χ1n) is 6.83. The van der Waals surface area contributed by atoms with Gasteiger partial charge >= 0.3 is 0 Å². The van der Waals surface area contributed by atoms with Gasteiger partial charge in [0.15, 0.2) is 11.4 Å². The van der Waals surface area contributed by atoms with Crippen LogP contribution in [-0.4, -0.2) is 35.7 Å². The summed E-state index contributed by atoms with van der Waals surface area (Å²) >= 11 is 3.45. The highest BCUT2D eigenvalue weighted by molar-refractivity contribution is 9.10. The van der Waals surface area contributed by atoms with Crippen LogP contribution in [0, 0.1) is 5.92 Å². The fraction of sp³-hybridized carbons (Fsp3) is 0.500. The zero-order valence-electron chi connectivity index (χ0n) is 10.6. The first kappa shape index (κ1) is 11.7. The molecule has 4 heterocycles. The molecule has 4 nitrogen and oxygen atoms in total. The van der Waals surface area contributed by atoms with Gasteiger partial charge in [0.05, 0.1) is 5.39 Å². The SMILES string of the molecule is Brc1ccc2c(N[C@H]3CN4CCC3CC4)noc2c1. The fourth-order valence-electron chi connectivity index (χ4n) is 3.32. The Kier molecular flexibility index (Phi) is 2.77. The second-order valence-electron chi connectivity index (χ2n) is 5.56. The van der Waals surface area contributed by atoms with Crippen molar-refractivity contribution in [2.24, 2.45) is 5.92 Å². The van der Waals surface area contributed by atoms with Crippen molar-refractivity contribution in [3.05, 3.63) is 22.7 Å². The number of piperidine rings is 3. The maximum atomic E-state index is 5.40. The second kappa shape index (κ2) is 4.49. The number of fused-ring (bicyclic) bond motifs is 4. The Hall–Kier alpha value is -1.07. The summed E-state index contributed by atoms with van der Waals surface area (Å²) in [6, 6.07) is 6.56. The number of rotatable bonds is 2. The van der Waals surface area contributed by atoms with E-state index in [9.17, 15) is 0 Å². The zero-order chi connectivity index (χ0) is 12.8. The number of anilines is 1. The lowest BCUT2D eigenvalue weighted by molar-refractivity contribution is 0.0973. The van der Waals surface area contributed by atoms with Crippen LogP contribution in [0.4, 0.5) is 5.82 Å². The van der Waals surface area contributed by atoms with Gasteiger partial charge in [-0.15, -0.1) is 0 Å². The molecule has 0 radical (unpaired) electrons. The molecule has 5 rings (SSSR count). The highest BCUT2D eigenvalue weighted by Crippen LogP contribution is 2.32. The van der Waals surface area contributed by atoms with E-state index in [1.54, 1.807) is 0 Å². The standard InChI is InChI=1S/C14H16BrN3O/c15-10-1-2-11-13(7-10)19-17-14(11)16-12-8-18-5-3-9(12)4-6-18/h1-2,7,9,12H,3-6,8H2,(H,16,17)/t12-/m0/s1. The molecule has 3 aliphatic heterocycles. The number of nitrogens with one attached hydrogen (secondary N) is 1. The van der Waals surface area contributed by atoms with Crippen LogP contribution in [0.1, 0.15) is 12.8 Å². The average Bonchev–Trinajstić information content (AvgIpc) is 2.82. The van der Waals surface area contributed by atoms with Crippen molar-refractivity contribution in [2.75, 3.05) is 25.0 Å². The third-order valence-corrected chi connectivity index (χ3v) is 4.91. The molecule has 1 N–H and O–H groups in total. The van der Waals surface area contributed by atoms with E-state index in [1.165, 1.54) is 25.9 Å². The number of benzene rings is 1. The lowest BCUT2D eigenvalue weighted by Gasteiger charge is -2.44. The van der Waals surface area contributed by atoms with Crippen LogP contribution in [0.3, 0.4) is 0 Å². The second-order valence-corrected chi connectivity index (χ2v) is 6.48. The molecule has 5 heteroatoms. The van der Waals surface area contributed by atoms with Gasteiger partial charge in [0, 0.05) is 17.1 Å². The summed E-state index contributed by atoms with van der Waals surface area (Å²) in [6.07, 6.45) is 2.61. The first-order valence-corrected chi connectivity index (χ1v) is 7.63. The minimum atomic E-state index is 0.513. The fourth-order valence-corrected chi connectivity index (χ4v) is 3.66. The van der Waals surface area contributed by atoms with Crippen molar-refractivity contribution in [1.82, 2.24) is 10.1 Å². The molecule has 0 saturated carbocycles. The van der Waals surface area contributed by atoms with E-state index in [-0.39, 0.29) is 0 Å². The van der Waals surface area contributed by atoms with Gasteiger partial charge < -0.3 is 14.7 Å². The topological polar surface area (TPSA) is 41.3 Å². The molecule has 0 unspecified atom stereocenters. The molecule has 1 atom stereocenters. The van der Waals surface area contributed by atoms with Crippen LogP contribution in [0.2, 0.25) is 0 Å². The van der Waals surface area contributed by atoms with Crippen LogP contribution >= 0.6 is 15.9 Å². The summed E-state index contributed by atoms with van der Waals surface area (Å²) in [7, 11) is 0. The number of hydrogen-bond donors (Lipinski definition) is 1. The molecule has 0 spiro atoms. The molecule has 3 saturated heterocycles. The Labute approximate surface area is 120 Å². The Balaban J connectivity index is 1.61. The van der Waals surface area contributed by atoms with Gasteiger partial charge in [-0.25, -0.2) is 0 Å². The van der Waals surface area contributed by atoms with Gasteiger partial charge in [-0.05, 0) is 50.0 Å². The Morgan fingerprint density at radius 1 is 1.32 bits per heavy atom. The summed E-state index contributed by atoms with van der Waals surface area (Å²) in [4.78, 5) is 2.54. The van der Waals surface area contributed by atoms with Gasteiger partial charge in [0.25, 0.3) is 0 Å². The van der Waals surface area contributed by atoms with Crippen LogP contribution in [0.15, 0.2) is 27.2 Å². The van der Waals surface area contributed by atoms with Crippen LogP contribution < -0.4 is 5.32 Å². The number of halogens is 1. The molecular weight excluding hydrogens is 306 g/mol. The van der Waals surface area contributed by atoms with E-state index in [4.69, 9.17) is 4.52 Å². The van der Waals surface area contributed by atoms with Gasteiger partial charge in [-0.1, -0.05) is 21.1 Å². The normalized spacial score (nSPS) is 29.8. The Morgan fingerprint density at radius 2 is 2.16 bits per heavy atom. The smallest absolute Gasteiger partial charge is 0.177 e. The molecule has 3 fully saturated rings. The van der Waals surface area contributed by atoms with Crippen LogP contribution in [0.25, 0.3) is 11.0 Å². The number of aromatic nitrogens is 1. The van der Waals surface area contributed by atoms with E-state index in [0.29, 0.717) is 6.04 Å². The van der Waals surface area contributed by atoms with Gasteiger partial charge in [0.2, 0.25) is 0 Å². The van der Waals surface area contributed by atoms with Crippen LogP contribution in [-0.2, 0) is 0 Å². The van der Waals surface area contributed by atoms with Gasteiger partial charge in [0.1, 0.15) is 0 Å². The summed E-state index contributed by atoms with van der Waals surface area (Å²) < 4.78 is 6.41. The van der Waals surface area contributed by atoms with E-state index < -0.39 is 0 Å². The van der Waals surface area contributed by atoms with Crippen molar-refractivity contribution in [2.45, 2.75) is 18.9 Å². The minimum Gasteiger partial charge on any atom is -0.362 e. The molecule has 2 aromatic rings. The molecule has 100 valence electrons. The highest BCUT2D eigenvalue weighted by Gasteiger charge is 2.34. The Bertz CT molecular complexity index is 604. The maximum absolute atomic E-state index is 5.40. The molecule has 19 heavy (non-hydrogen) atoms. The summed E-state index contributed by atoms with van der Waals surface area (Å²) in [5, 5.41) is 8.85. The predicted octanol–water partition coefficient (Wildman–Crippen LogP) is 3.10. The van der Waals surface area contributed by atoms with E-state index in [0.717, 1.165) is 33.7 Å². The molecule has 3 aliphatic rings. The minimum absolute atomic E-state index is 0.513. The molecule has 2 bridgehead atoms. The monoisotopic (exact) mass is 321 g/mol. The van der Waals surface area contributed by atoms with Crippen molar-refractivity contribution in [3.8, 4) is 0 Å². The van der Waals surface area contributed by atoms with E-state index >= 15 is 0 Å². The van der Waals surface area contributed by atoms with E-state index in [1.807, 2.05) is 12.1 Å². The summed E-state index contributed by atoms with van der Waals surface area (Å²) in [5.74, 6) is 1.67. The predicted molar refractivity (Wildman–Crippen MR) is 78.3 cm³/mol. The third kappa shape index (κ3) is 2.05. The maximum Gasteiger partial charge on any atom is 0.177 e. The molecule has 0 aliphatic carbocycles. The lowest BCUT2D eigenvalue weighted by atomic mass is 9.84. The zero-order valence-corrected chi connectivity index (χ0v) is 12.2. The Morgan fingerprint density at radius 3 is 2.89 bits per heavy atom. The average molecular weight is 322 g/mol. The first-order chi connectivity index (χ1) is 9.29. The van der Waals surface area contributed by atoms with Crippen LogP contribution in [0.5, 0.6) is 0 Å². The van der Waals surface area contributed by atoms with E-state index in [2.05, 4.69) is 37.4 Å². The van der Waals surface area contributed by atoms with Crippen molar-refractivity contribution in [1.29, 1.82) is 0 Å². The van der Waals surface area contributed by atoms with Crippen molar-refractivity contribution < 1.29 is 4.52 Å². The highest BCUT2D eigenvalue weighted by atomic mass is 79.9.